The highest BCUT2D eigenvalue weighted by atomic mass is 35.5. The number of para-hydroxylation sites is 1. The van der Waals surface area contributed by atoms with E-state index in [0.29, 0.717) is 28.6 Å². The van der Waals surface area contributed by atoms with Crippen LogP contribution in [0.4, 0.5) is 0 Å². The summed E-state index contributed by atoms with van der Waals surface area (Å²) in [5.41, 5.74) is 1.92. The van der Waals surface area contributed by atoms with Gasteiger partial charge >= 0.3 is 0 Å². The molecule has 0 radical (unpaired) electrons. The number of sulfone groups is 1. The molecule has 0 aliphatic rings. The second-order valence-electron chi connectivity index (χ2n) is 8.25. The van der Waals surface area contributed by atoms with Crippen molar-refractivity contribution < 1.29 is 23.0 Å². The summed E-state index contributed by atoms with van der Waals surface area (Å²) in [6.45, 7) is 3.27. The molecule has 0 aliphatic heterocycles. The van der Waals surface area contributed by atoms with E-state index < -0.39 is 26.9 Å². The molecule has 11 nitrogen and oxygen atoms in total. The predicted octanol–water partition coefficient (Wildman–Crippen LogP) is 3.14. The summed E-state index contributed by atoms with van der Waals surface area (Å²) in [5.74, 6) is 0.671. The first-order valence-electron chi connectivity index (χ1n) is 11.1. The molecule has 3 aromatic heterocycles. The van der Waals surface area contributed by atoms with Crippen LogP contribution in [-0.4, -0.2) is 62.7 Å². The van der Waals surface area contributed by atoms with Gasteiger partial charge in [-0.1, -0.05) is 17.7 Å². The van der Waals surface area contributed by atoms with Crippen molar-refractivity contribution in [2.75, 3.05) is 14.2 Å². The van der Waals surface area contributed by atoms with E-state index in [-0.39, 0.29) is 16.7 Å². The maximum Gasteiger partial charge on any atom is 0.170 e. The Kier molecular flexibility index (Phi) is 7.71. The SMILES string of the molecule is COc1cccc(OC)c1-n1c(CS(=O)(=O)[C@@H](C)[C@@H](O)c2ncc(Cl)cn2)nnc1-c1cncc(C)c1. The van der Waals surface area contributed by atoms with E-state index in [2.05, 4.69) is 25.1 Å². The molecule has 3 heterocycles. The van der Waals surface area contributed by atoms with E-state index in [9.17, 15) is 13.5 Å². The Labute approximate surface area is 219 Å². The van der Waals surface area contributed by atoms with Crippen molar-refractivity contribution in [3.63, 3.8) is 0 Å². The van der Waals surface area contributed by atoms with Gasteiger partial charge < -0.3 is 14.6 Å². The number of benzene rings is 1. The molecule has 4 rings (SSSR count). The first-order valence-corrected chi connectivity index (χ1v) is 13.2. The van der Waals surface area contributed by atoms with Crippen LogP contribution in [-0.2, 0) is 15.6 Å². The van der Waals surface area contributed by atoms with Gasteiger partial charge in [-0.05, 0) is 37.6 Å². The monoisotopic (exact) mass is 544 g/mol. The number of aliphatic hydroxyl groups excluding tert-OH is 1. The lowest BCUT2D eigenvalue weighted by Crippen LogP contribution is -2.29. The fourth-order valence-corrected chi connectivity index (χ4v) is 5.18. The van der Waals surface area contributed by atoms with Gasteiger partial charge in [0.1, 0.15) is 29.0 Å². The normalized spacial score (nSPS) is 13.2. The van der Waals surface area contributed by atoms with Gasteiger partial charge in [-0.2, -0.15) is 0 Å². The van der Waals surface area contributed by atoms with Gasteiger partial charge in [0, 0.05) is 30.4 Å². The predicted molar refractivity (Wildman–Crippen MR) is 137 cm³/mol. The summed E-state index contributed by atoms with van der Waals surface area (Å²) in [4.78, 5) is 12.1. The number of rotatable bonds is 9. The number of aliphatic hydroxyl groups is 1. The standard InChI is InChI=1S/C24H25ClN6O5S/c1-14-8-16(10-26-9-14)24-30-29-20(31(24)21-18(35-3)6-5-7-19(21)36-4)13-37(33,34)15(2)22(32)23-27-11-17(25)12-28-23/h5-12,15,22,32H,13H2,1-4H3/t15-,22+/m0/s1. The molecule has 0 bridgehead atoms. The number of pyridine rings is 1. The van der Waals surface area contributed by atoms with Crippen molar-refractivity contribution in [1.29, 1.82) is 0 Å². The van der Waals surface area contributed by atoms with Crippen LogP contribution in [0.2, 0.25) is 5.02 Å². The molecule has 37 heavy (non-hydrogen) atoms. The molecule has 0 spiro atoms. The maximum absolute atomic E-state index is 13.5. The number of aromatic nitrogens is 6. The van der Waals surface area contributed by atoms with E-state index in [1.54, 1.807) is 35.2 Å². The van der Waals surface area contributed by atoms with Gasteiger partial charge in [-0.25, -0.2) is 18.4 Å². The van der Waals surface area contributed by atoms with Crippen molar-refractivity contribution >= 4 is 21.4 Å². The van der Waals surface area contributed by atoms with Crippen molar-refractivity contribution in [3.05, 3.63) is 71.3 Å². The Balaban J connectivity index is 1.83. The van der Waals surface area contributed by atoms with Gasteiger partial charge in [0.25, 0.3) is 0 Å². The highest BCUT2D eigenvalue weighted by Gasteiger charge is 2.34. The molecular weight excluding hydrogens is 520 g/mol. The fraction of sp³-hybridized carbons (Fsp3) is 0.292. The molecule has 0 unspecified atom stereocenters. The second kappa shape index (κ2) is 10.8. The summed E-state index contributed by atoms with van der Waals surface area (Å²) in [6.07, 6.45) is 4.40. The summed E-state index contributed by atoms with van der Waals surface area (Å²) in [6, 6.07) is 7.05. The van der Waals surface area contributed by atoms with Crippen molar-refractivity contribution in [2.45, 2.75) is 31.0 Å². The van der Waals surface area contributed by atoms with E-state index in [4.69, 9.17) is 21.1 Å². The lowest BCUT2D eigenvalue weighted by atomic mass is 10.2. The zero-order valence-electron chi connectivity index (χ0n) is 20.5. The van der Waals surface area contributed by atoms with E-state index >= 15 is 0 Å². The number of hydrogen-bond donors (Lipinski definition) is 1. The number of halogens is 1. The first kappa shape index (κ1) is 26.5. The van der Waals surface area contributed by atoms with Crippen molar-refractivity contribution in [1.82, 2.24) is 29.7 Å². The van der Waals surface area contributed by atoms with Crippen LogP contribution in [0.5, 0.6) is 11.5 Å². The summed E-state index contributed by atoms with van der Waals surface area (Å²) < 4.78 is 39.7. The number of hydrogen-bond acceptors (Lipinski definition) is 10. The number of ether oxygens (including phenoxy) is 2. The molecule has 0 saturated heterocycles. The van der Waals surface area contributed by atoms with Crippen LogP contribution in [0.25, 0.3) is 17.1 Å². The molecule has 194 valence electrons. The number of aryl methyl sites for hydroxylation is 1. The van der Waals surface area contributed by atoms with Crippen molar-refractivity contribution in [3.8, 4) is 28.6 Å². The van der Waals surface area contributed by atoms with Gasteiger partial charge in [0.15, 0.2) is 27.3 Å². The minimum absolute atomic E-state index is 0.0557. The summed E-state index contributed by atoms with van der Waals surface area (Å²) >= 11 is 5.81. The average molecular weight is 545 g/mol. The largest absolute Gasteiger partial charge is 0.494 e. The van der Waals surface area contributed by atoms with Crippen LogP contribution < -0.4 is 9.47 Å². The lowest BCUT2D eigenvalue weighted by Gasteiger charge is -2.20. The average Bonchev–Trinajstić information content (AvgIpc) is 3.29. The minimum atomic E-state index is -4.00. The van der Waals surface area contributed by atoms with Crippen LogP contribution in [0, 0.1) is 6.92 Å². The summed E-state index contributed by atoms with van der Waals surface area (Å²) in [5, 5.41) is 18.3. The number of methoxy groups -OCH3 is 2. The smallest absolute Gasteiger partial charge is 0.170 e. The molecule has 0 fully saturated rings. The fourth-order valence-electron chi connectivity index (χ4n) is 3.75. The Morgan fingerprint density at radius 2 is 1.70 bits per heavy atom. The number of nitrogens with zero attached hydrogens (tertiary/aromatic N) is 6. The Morgan fingerprint density at radius 3 is 2.30 bits per heavy atom. The molecule has 0 saturated carbocycles. The Bertz CT molecular complexity index is 1490. The molecular formula is C24H25ClN6O5S. The third-order valence-electron chi connectivity index (χ3n) is 5.73. The van der Waals surface area contributed by atoms with E-state index in [1.807, 2.05) is 13.0 Å². The van der Waals surface area contributed by atoms with Crippen LogP contribution >= 0.6 is 11.6 Å². The van der Waals surface area contributed by atoms with Gasteiger partial charge in [-0.3, -0.25) is 9.55 Å². The molecule has 0 amide bonds. The first-order chi connectivity index (χ1) is 17.7. The van der Waals surface area contributed by atoms with Crippen molar-refractivity contribution in [2.24, 2.45) is 0 Å². The Hall–Kier alpha value is -3.61. The summed E-state index contributed by atoms with van der Waals surface area (Å²) in [7, 11) is -1.01. The molecule has 2 atom stereocenters. The van der Waals surface area contributed by atoms with Crippen LogP contribution in [0.15, 0.2) is 49.1 Å². The van der Waals surface area contributed by atoms with Crippen LogP contribution in [0.3, 0.4) is 0 Å². The van der Waals surface area contributed by atoms with E-state index in [1.165, 1.54) is 33.5 Å². The maximum atomic E-state index is 13.5. The molecule has 1 N–H and O–H groups in total. The lowest BCUT2D eigenvalue weighted by molar-refractivity contribution is 0.166. The minimum Gasteiger partial charge on any atom is -0.494 e. The Morgan fingerprint density at radius 1 is 1.05 bits per heavy atom. The van der Waals surface area contributed by atoms with Crippen LogP contribution in [0.1, 0.15) is 30.2 Å². The molecule has 0 aliphatic carbocycles. The zero-order chi connectivity index (χ0) is 26.7. The highest BCUT2D eigenvalue weighted by Crippen LogP contribution is 2.37. The van der Waals surface area contributed by atoms with Gasteiger partial charge in [0.05, 0.1) is 24.5 Å². The van der Waals surface area contributed by atoms with Gasteiger partial charge in [-0.15, -0.1) is 10.2 Å². The topological polar surface area (TPSA) is 142 Å². The zero-order valence-corrected chi connectivity index (χ0v) is 22.1. The molecule has 1 aromatic carbocycles. The highest BCUT2D eigenvalue weighted by molar-refractivity contribution is 7.91. The third kappa shape index (κ3) is 5.41. The second-order valence-corrected chi connectivity index (χ2v) is 11.0. The van der Waals surface area contributed by atoms with E-state index in [0.717, 1.165) is 5.56 Å². The third-order valence-corrected chi connectivity index (χ3v) is 7.98. The molecule has 4 aromatic rings. The molecule has 13 heteroatoms. The quantitative estimate of drug-likeness (QED) is 0.334. The van der Waals surface area contributed by atoms with Gasteiger partial charge in [0.2, 0.25) is 0 Å².